The number of benzene rings is 7. The van der Waals surface area contributed by atoms with E-state index < -0.39 is 5.41 Å². The van der Waals surface area contributed by atoms with E-state index in [4.69, 9.17) is 14.7 Å². The molecule has 1 aliphatic heterocycles. The van der Waals surface area contributed by atoms with E-state index in [2.05, 4.69) is 201 Å². The van der Waals surface area contributed by atoms with E-state index in [0.717, 1.165) is 106 Å². The van der Waals surface area contributed by atoms with Crippen LogP contribution in [-0.4, -0.2) is 28.7 Å². The van der Waals surface area contributed by atoms with Crippen molar-refractivity contribution in [2.75, 3.05) is 0 Å². The molecule has 0 bridgehead atoms. The van der Waals surface area contributed by atoms with E-state index in [1.54, 1.807) is 0 Å². The molecule has 13 aromatic rings. The molecule has 302 valence electrons. The highest BCUT2D eigenvalue weighted by atomic mass is 16.5. The first kappa shape index (κ1) is 34.7. The van der Waals surface area contributed by atoms with Gasteiger partial charge in [-0.1, -0.05) is 103 Å². The maximum atomic E-state index is 7.06. The zero-order chi connectivity index (χ0) is 42.4. The molecule has 2 aliphatic rings. The van der Waals surface area contributed by atoms with E-state index in [0.29, 0.717) is 0 Å². The summed E-state index contributed by atoms with van der Waals surface area (Å²) in [6.45, 7) is 0. The van der Waals surface area contributed by atoms with Gasteiger partial charge in [0.1, 0.15) is 11.5 Å². The SMILES string of the molecule is c1ccc2c(c1)Oc1cccc(-n3c4ccccc4c4cc(-n5c6ccccc6c6ccncc65)ccc43)c1C21c2cccnc2-c2ncc(-n3c4ccccc4c4ccccc43)cc21. The number of hydrogen-bond acceptors (Lipinski definition) is 4. The third-order valence-electron chi connectivity index (χ3n) is 14.1. The number of rotatable bonds is 3. The van der Waals surface area contributed by atoms with Crippen LogP contribution in [0.25, 0.3) is 93.9 Å². The third kappa shape index (κ3) is 4.41. The molecular formula is C58H34N6O. The zero-order valence-electron chi connectivity index (χ0n) is 34.7. The van der Waals surface area contributed by atoms with Crippen LogP contribution >= 0.6 is 0 Å². The lowest BCUT2D eigenvalue weighted by Crippen LogP contribution is -2.33. The molecule has 7 nitrogen and oxygen atoms in total. The zero-order valence-corrected chi connectivity index (χ0v) is 34.7. The van der Waals surface area contributed by atoms with Crippen LogP contribution in [0.1, 0.15) is 22.3 Å². The summed E-state index contributed by atoms with van der Waals surface area (Å²) in [5.41, 5.74) is 14.9. The van der Waals surface area contributed by atoms with Crippen LogP contribution < -0.4 is 4.74 Å². The Morgan fingerprint density at radius 1 is 0.369 bits per heavy atom. The topological polar surface area (TPSA) is 62.7 Å². The third-order valence-corrected chi connectivity index (χ3v) is 14.1. The first-order valence-corrected chi connectivity index (χ1v) is 22.0. The number of para-hydroxylation sites is 5. The van der Waals surface area contributed by atoms with Gasteiger partial charge in [-0.3, -0.25) is 15.0 Å². The van der Waals surface area contributed by atoms with Gasteiger partial charge in [-0.25, -0.2) is 0 Å². The molecule has 7 aromatic carbocycles. The van der Waals surface area contributed by atoms with Gasteiger partial charge in [-0.15, -0.1) is 0 Å². The predicted molar refractivity (Wildman–Crippen MR) is 260 cm³/mol. The van der Waals surface area contributed by atoms with Gasteiger partial charge in [0.2, 0.25) is 0 Å². The first-order chi connectivity index (χ1) is 32.3. The molecule has 0 saturated heterocycles. The maximum Gasteiger partial charge on any atom is 0.134 e. The average molecular weight is 831 g/mol. The second-order valence-electron chi connectivity index (χ2n) is 17.2. The van der Waals surface area contributed by atoms with Crippen molar-refractivity contribution in [2.24, 2.45) is 0 Å². The Bertz CT molecular complexity index is 4090. The summed E-state index contributed by atoms with van der Waals surface area (Å²) < 4.78 is 14.2. The highest BCUT2D eigenvalue weighted by Gasteiger charge is 2.54. The van der Waals surface area contributed by atoms with Crippen molar-refractivity contribution in [1.82, 2.24) is 28.7 Å². The molecule has 1 atom stereocenters. The second-order valence-corrected chi connectivity index (χ2v) is 17.2. The average Bonchev–Trinajstić information content (AvgIpc) is 4.08. The van der Waals surface area contributed by atoms with Crippen LogP contribution in [-0.2, 0) is 5.41 Å². The number of nitrogens with zero attached hydrogens (tertiary/aromatic N) is 6. The van der Waals surface area contributed by atoms with Crippen molar-refractivity contribution in [3.05, 3.63) is 229 Å². The van der Waals surface area contributed by atoms with E-state index >= 15 is 0 Å². The van der Waals surface area contributed by atoms with Crippen molar-refractivity contribution in [3.63, 3.8) is 0 Å². The Balaban J connectivity index is 1.04. The van der Waals surface area contributed by atoms with E-state index in [9.17, 15) is 0 Å². The smallest absolute Gasteiger partial charge is 0.134 e. The minimum Gasteiger partial charge on any atom is -0.457 e. The second kappa shape index (κ2) is 12.6. The van der Waals surface area contributed by atoms with Gasteiger partial charge in [0.05, 0.1) is 73.7 Å². The van der Waals surface area contributed by atoms with Gasteiger partial charge in [-0.2, -0.15) is 0 Å². The van der Waals surface area contributed by atoms with Gasteiger partial charge < -0.3 is 18.4 Å². The Kier molecular flexibility index (Phi) is 6.76. The van der Waals surface area contributed by atoms with Crippen LogP contribution in [0.2, 0.25) is 0 Å². The molecule has 0 fully saturated rings. The summed E-state index contributed by atoms with van der Waals surface area (Å²) in [5.74, 6) is 1.61. The summed E-state index contributed by atoms with van der Waals surface area (Å²) >= 11 is 0. The van der Waals surface area contributed by atoms with Crippen LogP contribution in [0.3, 0.4) is 0 Å². The molecule has 65 heavy (non-hydrogen) atoms. The molecule has 7 heteroatoms. The lowest BCUT2D eigenvalue weighted by Gasteiger charge is -2.40. The fourth-order valence-corrected chi connectivity index (χ4v) is 11.6. The number of hydrogen-bond donors (Lipinski definition) is 0. The molecule has 15 rings (SSSR count). The fraction of sp³-hybridized carbons (Fsp3) is 0.0172. The van der Waals surface area contributed by atoms with Crippen molar-refractivity contribution in [3.8, 4) is 39.9 Å². The lowest BCUT2D eigenvalue weighted by atomic mass is 9.65. The largest absolute Gasteiger partial charge is 0.457 e. The number of pyridine rings is 3. The number of fused-ring (bicyclic) bond motifs is 18. The van der Waals surface area contributed by atoms with Gasteiger partial charge in [0.15, 0.2) is 0 Å². The molecule has 7 heterocycles. The highest BCUT2D eigenvalue weighted by molar-refractivity contribution is 6.13. The fourth-order valence-electron chi connectivity index (χ4n) is 11.6. The van der Waals surface area contributed by atoms with Crippen LogP contribution in [0, 0.1) is 0 Å². The summed E-state index contributed by atoms with van der Waals surface area (Å²) in [7, 11) is 0. The van der Waals surface area contributed by atoms with Gasteiger partial charge in [0.25, 0.3) is 0 Å². The standard InChI is InChI=1S/C58H34N6O/c1-7-20-47-37(13-1)38-14-2-8-21-48(38)63(47)36-32-45-57(61-33-36)56-44(18-12-29-60-56)58(45)43-17-5-10-24-53(43)65-54-25-11-23-51(55(54)58)64-49-22-9-4-16-40(49)42-31-35(26-27-50(42)64)62-46-19-6-3-15-39(46)41-28-30-59-34-52(41)62/h1-34H. The molecule has 6 aromatic heterocycles. The summed E-state index contributed by atoms with van der Waals surface area (Å²) in [6, 6.07) is 65.4. The Morgan fingerprint density at radius 2 is 0.954 bits per heavy atom. The molecule has 0 N–H and O–H groups in total. The molecule has 1 aliphatic carbocycles. The first-order valence-electron chi connectivity index (χ1n) is 22.0. The van der Waals surface area contributed by atoms with Gasteiger partial charge in [0, 0.05) is 67.1 Å². The Morgan fingerprint density at radius 3 is 1.71 bits per heavy atom. The maximum absolute atomic E-state index is 7.06. The molecule has 0 amide bonds. The highest BCUT2D eigenvalue weighted by Crippen LogP contribution is 2.63. The summed E-state index contributed by atoms with van der Waals surface area (Å²) in [4.78, 5) is 15.1. The minimum absolute atomic E-state index is 0.798. The monoisotopic (exact) mass is 830 g/mol. The lowest BCUT2D eigenvalue weighted by molar-refractivity contribution is 0.435. The van der Waals surface area contributed by atoms with Crippen LogP contribution in [0.15, 0.2) is 207 Å². The van der Waals surface area contributed by atoms with E-state index in [1.807, 2.05) is 24.8 Å². The van der Waals surface area contributed by atoms with Crippen molar-refractivity contribution < 1.29 is 4.74 Å². The van der Waals surface area contributed by atoms with Crippen LogP contribution in [0.4, 0.5) is 0 Å². The summed E-state index contributed by atoms with van der Waals surface area (Å²) in [5, 5.41) is 7.11. The Labute approximate surface area is 371 Å². The van der Waals surface area contributed by atoms with Gasteiger partial charge >= 0.3 is 0 Å². The van der Waals surface area contributed by atoms with Crippen molar-refractivity contribution >= 4 is 65.4 Å². The number of aromatic nitrogens is 6. The van der Waals surface area contributed by atoms with E-state index in [1.165, 1.54) is 21.5 Å². The minimum atomic E-state index is -0.852. The molecule has 1 unspecified atom stereocenters. The molecule has 0 saturated carbocycles. The molecular weight excluding hydrogens is 797 g/mol. The molecule has 0 radical (unpaired) electrons. The quantitative estimate of drug-likeness (QED) is 0.178. The van der Waals surface area contributed by atoms with Crippen molar-refractivity contribution in [1.29, 1.82) is 0 Å². The van der Waals surface area contributed by atoms with Crippen LogP contribution in [0.5, 0.6) is 11.5 Å². The summed E-state index contributed by atoms with van der Waals surface area (Å²) in [6.07, 6.45) is 7.76. The Hall–Kier alpha value is -8.81. The van der Waals surface area contributed by atoms with Crippen molar-refractivity contribution in [2.45, 2.75) is 5.41 Å². The number of ether oxygens (including phenoxy) is 1. The van der Waals surface area contributed by atoms with Gasteiger partial charge in [-0.05, 0) is 84.4 Å². The normalized spacial score (nSPS) is 15.0. The predicted octanol–water partition coefficient (Wildman–Crippen LogP) is 13.6. The molecule has 1 spiro atoms. The van der Waals surface area contributed by atoms with E-state index in [-0.39, 0.29) is 0 Å².